The van der Waals surface area contributed by atoms with Crippen molar-refractivity contribution in [2.45, 2.75) is 26.3 Å². The SMILES string of the molecule is CCc1ccc2[nH]c(=O)c(CN(CCCO)C(=S)Nc3ccc(F)cc3)cc2c1. The van der Waals surface area contributed by atoms with E-state index in [1.54, 1.807) is 12.1 Å². The van der Waals surface area contributed by atoms with Gasteiger partial charge in [-0.1, -0.05) is 13.0 Å². The number of aryl methyl sites for hydroxylation is 1. The lowest BCUT2D eigenvalue weighted by Crippen LogP contribution is -2.37. The van der Waals surface area contributed by atoms with E-state index in [4.69, 9.17) is 12.2 Å². The molecule has 1 aromatic heterocycles. The van der Waals surface area contributed by atoms with Crippen LogP contribution in [0.2, 0.25) is 0 Å². The second-order valence-corrected chi connectivity index (χ2v) is 7.22. The van der Waals surface area contributed by atoms with Gasteiger partial charge in [-0.2, -0.15) is 0 Å². The van der Waals surface area contributed by atoms with Gasteiger partial charge in [0, 0.05) is 29.9 Å². The standard InChI is InChI=1S/C22H24FN3O2S/c1-2-15-4-9-20-16(12-15)13-17(21(28)25-20)14-26(10-3-11-27)22(29)24-19-7-5-18(23)6-8-19/h4-9,12-13,27H,2-3,10-11,14H2,1H3,(H,24,29)(H,25,28). The Hall–Kier alpha value is -2.77. The van der Waals surface area contributed by atoms with Crippen molar-refractivity contribution in [3.8, 4) is 0 Å². The number of hydrogen-bond acceptors (Lipinski definition) is 3. The topological polar surface area (TPSA) is 68.4 Å². The minimum atomic E-state index is -0.326. The number of pyridine rings is 1. The van der Waals surface area contributed by atoms with Gasteiger partial charge in [-0.25, -0.2) is 4.39 Å². The van der Waals surface area contributed by atoms with Crippen LogP contribution in [0, 0.1) is 5.82 Å². The van der Waals surface area contributed by atoms with Gasteiger partial charge < -0.3 is 20.3 Å². The maximum absolute atomic E-state index is 13.1. The summed E-state index contributed by atoms with van der Waals surface area (Å²) in [5, 5.41) is 13.7. The predicted octanol–water partition coefficient (Wildman–Crippen LogP) is 3.81. The van der Waals surface area contributed by atoms with Gasteiger partial charge in [0.05, 0.1) is 6.54 Å². The fourth-order valence-corrected chi connectivity index (χ4v) is 3.37. The van der Waals surface area contributed by atoms with Crippen molar-refractivity contribution in [3.63, 3.8) is 0 Å². The zero-order valence-electron chi connectivity index (χ0n) is 16.2. The molecule has 0 aliphatic heterocycles. The van der Waals surface area contributed by atoms with Crippen LogP contribution in [0.15, 0.2) is 53.3 Å². The van der Waals surface area contributed by atoms with E-state index in [0.29, 0.717) is 35.9 Å². The fourth-order valence-electron chi connectivity index (χ4n) is 3.09. The van der Waals surface area contributed by atoms with Gasteiger partial charge in [0.15, 0.2) is 5.11 Å². The number of benzene rings is 2. The highest BCUT2D eigenvalue weighted by Crippen LogP contribution is 2.16. The van der Waals surface area contributed by atoms with Crippen molar-refractivity contribution in [1.82, 2.24) is 9.88 Å². The molecule has 3 N–H and O–H groups in total. The number of H-pyrrole nitrogens is 1. The van der Waals surface area contributed by atoms with E-state index >= 15 is 0 Å². The summed E-state index contributed by atoms with van der Waals surface area (Å²) >= 11 is 5.51. The van der Waals surface area contributed by atoms with Crippen LogP contribution < -0.4 is 10.9 Å². The van der Waals surface area contributed by atoms with Crippen LogP contribution >= 0.6 is 12.2 Å². The predicted molar refractivity (Wildman–Crippen MR) is 119 cm³/mol. The minimum absolute atomic E-state index is 0.0175. The molecule has 152 valence electrons. The highest BCUT2D eigenvalue weighted by molar-refractivity contribution is 7.80. The van der Waals surface area contributed by atoms with Gasteiger partial charge in [-0.15, -0.1) is 0 Å². The molecular weight excluding hydrogens is 389 g/mol. The van der Waals surface area contributed by atoms with Gasteiger partial charge in [0.2, 0.25) is 0 Å². The Morgan fingerprint density at radius 2 is 1.97 bits per heavy atom. The summed E-state index contributed by atoms with van der Waals surface area (Å²) in [6, 6.07) is 13.8. The molecule has 0 radical (unpaired) electrons. The van der Waals surface area contributed by atoms with E-state index in [2.05, 4.69) is 23.3 Å². The summed E-state index contributed by atoms with van der Waals surface area (Å²) in [6.45, 7) is 2.89. The molecule has 0 bridgehead atoms. The fraction of sp³-hybridized carbons (Fsp3) is 0.273. The number of aromatic amines is 1. The number of halogens is 1. The van der Waals surface area contributed by atoms with E-state index < -0.39 is 0 Å². The van der Waals surface area contributed by atoms with Crippen molar-refractivity contribution in [3.05, 3.63) is 75.8 Å². The molecule has 0 fully saturated rings. The molecule has 0 unspecified atom stereocenters. The maximum atomic E-state index is 13.1. The quantitative estimate of drug-likeness (QED) is 0.514. The van der Waals surface area contributed by atoms with Gasteiger partial charge in [0.1, 0.15) is 5.82 Å². The number of hydrogen-bond donors (Lipinski definition) is 3. The number of aromatic nitrogens is 1. The van der Waals surface area contributed by atoms with Gasteiger partial charge in [-0.05, 0) is 78.5 Å². The van der Waals surface area contributed by atoms with Crippen LogP contribution in [0.5, 0.6) is 0 Å². The second-order valence-electron chi connectivity index (χ2n) is 6.83. The lowest BCUT2D eigenvalue weighted by atomic mass is 10.1. The Morgan fingerprint density at radius 3 is 2.66 bits per heavy atom. The first-order chi connectivity index (χ1) is 14.0. The van der Waals surface area contributed by atoms with Crippen LogP contribution in [-0.2, 0) is 13.0 Å². The van der Waals surface area contributed by atoms with Gasteiger partial charge >= 0.3 is 0 Å². The summed E-state index contributed by atoms with van der Waals surface area (Å²) < 4.78 is 13.1. The molecule has 0 aliphatic carbocycles. The molecule has 7 heteroatoms. The summed E-state index contributed by atoms with van der Waals surface area (Å²) in [7, 11) is 0. The average molecular weight is 414 g/mol. The molecule has 5 nitrogen and oxygen atoms in total. The van der Waals surface area contributed by atoms with E-state index in [1.807, 2.05) is 23.1 Å². The molecule has 0 atom stereocenters. The summed E-state index contributed by atoms with van der Waals surface area (Å²) in [4.78, 5) is 17.3. The highest BCUT2D eigenvalue weighted by Gasteiger charge is 2.14. The first-order valence-electron chi connectivity index (χ1n) is 9.57. The first kappa shape index (κ1) is 21.0. The van der Waals surface area contributed by atoms with Crippen molar-refractivity contribution in [1.29, 1.82) is 0 Å². The Kier molecular flexibility index (Phi) is 6.95. The Balaban J connectivity index is 1.85. The number of aliphatic hydroxyl groups excluding tert-OH is 1. The molecular formula is C22H24FN3O2S. The maximum Gasteiger partial charge on any atom is 0.253 e. The normalized spacial score (nSPS) is 10.9. The molecule has 3 rings (SSSR count). The van der Waals surface area contributed by atoms with Crippen molar-refractivity contribution in [2.24, 2.45) is 0 Å². The Bertz CT molecular complexity index is 1050. The third kappa shape index (κ3) is 5.40. The molecule has 0 aliphatic rings. The van der Waals surface area contributed by atoms with Crippen molar-refractivity contribution in [2.75, 3.05) is 18.5 Å². The smallest absolute Gasteiger partial charge is 0.253 e. The molecule has 0 saturated carbocycles. The third-order valence-corrected chi connectivity index (χ3v) is 5.08. The molecule has 0 saturated heterocycles. The monoisotopic (exact) mass is 413 g/mol. The number of aliphatic hydroxyl groups is 1. The van der Waals surface area contributed by atoms with E-state index in [0.717, 1.165) is 17.3 Å². The molecule has 2 aromatic carbocycles. The van der Waals surface area contributed by atoms with Crippen LogP contribution in [0.1, 0.15) is 24.5 Å². The number of anilines is 1. The zero-order chi connectivity index (χ0) is 20.8. The van der Waals surface area contributed by atoms with Crippen LogP contribution in [-0.4, -0.2) is 33.3 Å². The highest BCUT2D eigenvalue weighted by atomic mass is 32.1. The van der Waals surface area contributed by atoms with Crippen LogP contribution in [0.4, 0.5) is 10.1 Å². The number of fused-ring (bicyclic) bond motifs is 1. The lowest BCUT2D eigenvalue weighted by Gasteiger charge is -2.25. The third-order valence-electron chi connectivity index (χ3n) is 4.72. The lowest BCUT2D eigenvalue weighted by molar-refractivity contribution is 0.266. The van der Waals surface area contributed by atoms with Crippen molar-refractivity contribution >= 4 is 33.9 Å². The van der Waals surface area contributed by atoms with Crippen LogP contribution in [0.3, 0.4) is 0 Å². The minimum Gasteiger partial charge on any atom is -0.396 e. The Morgan fingerprint density at radius 1 is 1.21 bits per heavy atom. The average Bonchev–Trinajstić information content (AvgIpc) is 2.72. The zero-order valence-corrected chi connectivity index (χ0v) is 17.1. The molecule has 3 aromatic rings. The number of nitrogens with one attached hydrogen (secondary N) is 2. The van der Waals surface area contributed by atoms with Crippen LogP contribution in [0.25, 0.3) is 10.9 Å². The van der Waals surface area contributed by atoms with Crippen molar-refractivity contribution < 1.29 is 9.50 Å². The van der Waals surface area contributed by atoms with Gasteiger partial charge in [0.25, 0.3) is 5.56 Å². The number of nitrogens with zero attached hydrogens (tertiary/aromatic N) is 1. The summed E-state index contributed by atoms with van der Waals surface area (Å²) in [5.41, 5.74) is 3.07. The van der Waals surface area contributed by atoms with E-state index in [9.17, 15) is 14.3 Å². The first-order valence-corrected chi connectivity index (χ1v) is 9.98. The molecule has 0 amide bonds. The van der Waals surface area contributed by atoms with E-state index in [1.165, 1.54) is 17.7 Å². The molecule has 29 heavy (non-hydrogen) atoms. The van der Waals surface area contributed by atoms with Gasteiger partial charge in [-0.3, -0.25) is 4.79 Å². The number of thiocarbonyl (C=S) groups is 1. The second kappa shape index (κ2) is 9.62. The molecule has 1 heterocycles. The largest absolute Gasteiger partial charge is 0.396 e. The molecule has 0 spiro atoms. The summed E-state index contributed by atoms with van der Waals surface area (Å²) in [6.07, 6.45) is 1.43. The van der Waals surface area contributed by atoms with E-state index in [-0.39, 0.29) is 18.0 Å². The Labute approximate surface area is 174 Å². The summed E-state index contributed by atoms with van der Waals surface area (Å²) in [5.74, 6) is -0.326. The number of rotatable bonds is 7.